The Hall–Kier alpha value is -2.51. The number of carbonyl (C=O) groups is 2. The van der Waals surface area contributed by atoms with Gasteiger partial charge in [-0.3, -0.25) is 9.59 Å². The van der Waals surface area contributed by atoms with Crippen molar-refractivity contribution in [3.63, 3.8) is 0 Å². The quantitative estimate of drug-likeness (QED) is 0.604. The number of nitrogens with one attached hydrogen (secondary N) is 2. The Morgan fingerprint density at radius 1 is 1.18 bits per heavy atom. The molecule has 0 unspecified atom stereocenters. The summed E-state index contributed by atoms with van der Waals surface area (Å²) in [4.78, 5) is 33.4. The molecule has 0 bridgehead atoms. The number of benzene rings is 1. The van der Waals surface area contributed by atoms with Gasteiger partial charge in [-0.15, -0.1) is 11.3 Å². The van der Waals surface area contributed by atoms with E-state index in [4.69, 9.17) is 4.98 Å². The monoisotopic (exact) mass is 480 g/mol. The van der Waals surface area contributed by atoms with Gasteiger partial charge in [-0.25, -0.2) is 4.98 Å². The lowest BCUT2D eigenvalue weighted by atomic mass is 9.83. The molecule has 1 aromatic carbocycles. The molecule has 1 aliphatic carbocycles. The molecule has 2 amide bonds. The van der Waals surface area contributed by atoms with E-state index >= 15 is 0 Å². The van der Waals surface area contributed by atoms with Crippen molar-refractivity contribution in [1.82, 2.24) is 20.5 Å². The Labute approximate surface area is 206 Å². The average molecular weight is 481 g/mol. The Morgan fingerprint density at radius 2 is 1.94 bits per heavy atom. The molecule has 2 aliphatic rings. The van der Waals surface area contributed by atoms with Crippen LogP contribution in [0.1, 0.15) is 61.6 Å². The van der Waals surface area contributed by atoms with Gasteiger partial charge in [0.15, 0.2) is 0 Å². The van der Waals surface area contributed by atoms with E-state index in [0.29, 0.717) is 6.54 Å². The van der Waals surface area contributed by atoms with Crippen molar-refractivity contribution in [1.29, 1.82) is 0 Å². The molecule has 0 spiro atoms. The van der Waals surface area contributed by atoms with Crippen LogP contribution in [-0.4, -0.2) is 47.4 Å². The third-order valence-electron chi connectivity index (χ3n) is 7.14. The second-order valence-corrected chi connectivity index (χ2v) is 10.5. The SMILES string of the molecule is CN[C@@H](C)C(=O)N[C@H](C(=O)N1CCC=C1c1nc(-c2ccc(C)cc2C)cs1)C1CCCCC1. The first-order valence-corrected chi connectivity index (χ1v) is 13.3. The second-order valence-electron chi connectivity index (χ2n) is 9.62. The molecule has 2 heterocycles. The molecule has 4 rings (SSSR count). The van der Waals surface area contributed by atoms with Crippen LogP contribution in [0.4, 0.5) is 0 Å². The maximum absolute atomic E-state index is 13.9. The molecular weight excluding hydrogens is 444 g/mol. The van der Waals surface area contributed by atoms with E-state index in [2.05, 4.69) is 54.1 Å². The number of hydrogen-bond donors (Lipinski definition) is 2. The van der Waals surface area contributed by atoms with Crippen molar-refractivity contribution in [3.8, 4) is 11.3 Å². The molecule has 7 heteroatoms. The summed E-state index contributed by atoms with van der Waals surface area (Å²) in [7, 11) is 1.76. The molecule has 2 aromatic rings. The Kier molecular flexibility index (Phi) is 7.84. The summed E-state index contributed by atoms with van der Waals surface area (Å²) in [5.41, 5.74) is 5.37. The minimum absolute atomic E-state index is 0.00410. The highest BCUT2D eigenvalue weighted by atomic mass is 32.1. The maximum atomic E-state index is 13.9. The number of hydrogen-bond acceptors (Lipinski definition) is 5. The highest BCUT2D eigenvalue weighted by Gasteiger charge is 2.37. The number of thiazole rings is 1. The van der Waals surface area contributed by atoms with Gasteiger partial charge in [0.05, 0.1) is 17.4 Å². The standard InChI is InChI=1S/C27H36N4O2S/c1-17-12-13-21(18(2)15-17)22-16-34-26(29-22)23-11-8-14-31(23)27(33)24(20-9-6-5-7-10-20)30-25(32)19(3)28-4/h11-13,15-16,19-20,24,28H,5-10,14H2,1-4H3,(H,30,32)/t19-,24-/m0/s1. The maximum Gasteiger partial charge on any atom is 0.249 e. The second kappa shape index (κ2) is 10.8. The fourth-order valence-electron chi connectivity index (χ4n) is 5.03. The fourth-order valence-corrected chi connectivity index (χ4v) is 5.90. The van der Waals surface area contributed by atoms with E-state index in [1.807, 2.05) is 11.8 Å². The summed E-state index contributed by atoms with van der Waals surface area (Å²) in [6, 6.07) is 5.56. The number of aromatic nitrogens is 1. The van der Waals surface area contributed by atoms with Crippen molar-refractivity contribution in [3.05, 3.63) is 45.8 Å². The molecule has 0 saturated heterocycles. The van der Waals surface area contributed by atoms with Crippen LogP contribution in [-0.2, 0) is 9.59 Å². The molecule has 2 N–H and O–H groups in total. The summed E-state index contributed by atoms with van der Waals surface area (Å²) in [5.74, 6) is 0.0521. The van der Waals surface area contributed by atoms with E-state index in [-0.39, 0.29) is 23.8 Å². The number of amides is 2. The van der Waals surface area contributed by atoms with E-state index in [1.165, 1.54) is 17.5 Å². The lowest BCUT2D eigenvalue weighted by molar-refractivity contribution is -0.136. The van der Waals surface area contributed by atoms with Gasteiger partial charge in [-0.2, -0.15) is 0 Å². The van der Waals surface area contributed by atoms with Gasteiger partial charge < -0.3 is 15.5 Å². The Bertz CT molecular complexity index is 1070. The highest BCUT2D eigenvalue weighted by Crippen LogP contribution is 2.35. The first-order valence-electron chi connectivity index (χ1n) is 12.4. The molecule has 34 heavy (non-hydrogen) atoms. The van der Waals surface area contributed by atoms with Gasteiger partial charge in [0.2, 0.25) is 11.8 Å². The van der Waals surface area contributed by atoms with E-state index in [9.17, 15) is 9.59 Å². The van der Waals surface area contributed by atoms with E-state index < -0.39 is 6.04 Å². The van der Waals surface area contributed by atoms with Crippen LogP contribution in [0.2, 0.25) is 0 Å². The zero-order valence-electron chi connectivity index (χ0n) is 20.7. The van der Waals surface area contributed by atoms with Crippen LogP contribution in [0.15, 0.2) is 29.7 Å². The summed E-state index contributed by atoms with van der Waals surface area (Å²) in [6.07, 6.45) is 8.29. The van der Waals surface area contributed by atoms with Gasteiger partial charge in [-0.1, -0.05) is 49.1 Å². The summed E-state index contributed by atoms with van der Waals surface area (Å²) < 4.78 is 0. The molecule has 1 aliphatic heterocycles. The predicted molar refractivity (Wildman–Crippen MR) is 138 cm³/mol. The van der Waals surface area contributed by atoms with Crippen LogP contribution >= 0.6 is 11.3 Å². The van der Waals surface area contributed by atoms with Gasteiger partial charge in [0.25, 0.3) is 0 Å². The Morgan fingerprint density at radius 3 is 2.65 bits per heavy atom. The number of likely N-dealkylation sites (N-methyl/N-ethyl adjacent to an activating group) is 1. The lowest BCUT2D eigenvalue weighted by Gasteiger charge is -2.34. The van der Waals surface area contributed by atoms with Crippen LogP contribution in [0.5, 0.6) is 0 Å². The number of carbonyl (C=O) groups excluding carboxylic acids is 2. The minimum Gasteiger partial charge on any atom is -0.343 e. The largest absolute Gasteiger partial charge is 0.343 e. The lowest BCUT2D eigenvalue weighted by Crippen LogP contribution is -2.55. The number of rotatable bonds is 7. The molecule has 1 fully saturated rings. The molecular formula is C27H36N4O2S. The number of nitrogens with zero attached hydrogens (tertiary/aromatic N) is 2. The first kappa shape index (κ1) is 24.6. The topological polar surface area (TPSA) is 74.3 Å². The van der Waals surface area contributed by atoms with Crippen molar-refractivity contribution >= 4 is 28.8 Å². The molecule has 1 saturated carbocycles. The third-order valence-corrected chi connectivity index (χ3v) is 8.00. The van der Waals surface area contributed by atoms with Crippen LogP contribution in [0, 0.1) is 19.8 Å². The van der Waals surface area contributed by atoms with Gasteiger partial charge in [0.1, 0.15) is 11.0 Å². The first-order chi connectivity index (χ1) is 16.4. The summed E-state index contributed by atoms with van der Waals surface area (Å²) in [6.45, 7) is 6.65. The number of aryl methyl sites for hydroxylation is 2. The minimum atomic E-state index is -0.496. The van der Waals surface area contributed by atoms with Gasteiger partial charge >= 0.3 is 0 Å². The van der Waals surface area contributed by atoms with Crippen LogP contribution in [0.25, 0.3) is 17.0 Å². The van der Waals surface area contributed by atoms with Gasteiger partial charge in [-0.05, 0) is 58.6 Å². The van der Waals surface area contributed by atoms with Crippen LogP contribution in [0.3, 0.4) is 0 Å². The third kappa shape index (κ3) is 5.26. The summed E-state index contributed by atoms with van der Waals surface area (Å²) >= 11 is 1.57. The van der Waals surface area contributed by atoms with Crippen molar-refractivity contribution in [2.45, 2.75) is 71.4 Å². The van der Waals surface area contributed by atoms with E-state index in [1.54, 1.807) is 18.4 Å². The Balaban J connectivity index is 1.57. The molecule has 182 valence electrons. The van der Waals surface area contributed by atoms with Crippen molar-refractivity contribution in [2.75, 3.05) is 13.6 Å². The zero-order valence-corrected chi connectivity index (χ0v) is 21.5. The molecule has 1 aromatic heterocycles. The average Bonchev–Trinajstić information content (AvgIpc) is 3.52. The fraction of sp³-hybridized carbons (Fsp3) is 0.519. The normalized spacial score (nSPS) is 18.5. The molecule has 2 atom stereocenters. The van der Waals surface area contributed by atoms with Crippen LogP contribution < -0.4 is 10.6 Å². The molecule has 6 nitrogen and oxygen atoms in total. The predicted octanol–water partition coefficient (Wildman–Crippen LogP) is 4.67. The molecule has 0 radical (unpaired) electrons. The summed E-state index contributed by atoms with van der Waals surface area (Å²) in [5, 5.41) is 9.01. The van der Waals surface area contributed by atoms with Gasteiger partial charge in [0, 0.05) is 17.5 Å². The smallest absolute Gasteiger partial charge is 0.249 e. The van der Waals surface area contributed by atoms with Crippen molar-refractivity contribution in [2.24, 2.45) is 5.92 Å². The zero-order chi connectivity index (χ0) is 24.2. The van der Waals surface area contributed by atoms with Crippen molar-refractivity contribution < 1.29 is 9.59 Å². The van der Waals surface area contributed by atoms with E-state index in [0.717, 1.165) is 54.1 Å². The highest BCUT2D eigenvalue weighted by molar-refractivity contribution is 7.11.